The van der Waals surface area contributed by atoms with E-state index >= 15 is 8.78 Å². The van der Waals surface area contributed by atoms with E-state index in [2.05, 4.69) is 21.6 Å². The monoisotopic (exact) mass is 513 g/mol. The van der Waals surface area contributed by atoms with E-state index in [-0.39, 0.29) is 30.8 Å². The lowest BCUT2D eigenvalue weighted by Crippen LogP contribution is -2.30. The van der Waals surface area contributed by atoms with Crippen LogP contribution in [-0.2, 0) is 11.2 Å². The Kier molecular flexibility index (Phi) is 8.92. The zero-order valence-corrected chi connectivity index (χ0v) is 21.3. The molecule has 198 valence electrons. The van der Waals surface area contributed by atoms with Crippen molar-refractivity contribution in [2.45, 2.75) is 33.1 Å². The molecule has 1 saturated heterocycles. The number of ether oxygens (including phenoxy) is 2. The average Bonchev–Trinajstić information content (AvgIpc) is 3.31. The van der Waals surface area contributed by atoms with Crippen molar-refractivity contribution in [3.63, 3.8) is 0 Å². The van der Waals surface area contributed by atoms with Gasteiger partial charge in [0, 0.05) is 25.2 Å². The quantitative estimate of drug-likeness (QED) is 0.314. The molecule has 1 aliphatic heterocycles. The Balaban J connectivity index is 1.54. The molecule has 8 nitrogen and oxygen atoms in total. The molecule has 0 bridgehead atoms. The number of aromatic nitrogens is 1. The van der Waals surface area contributed by atoms with Crippen LogP contribution in [0.5, 0.6) is 5.88 Å². The summed E-state index contributed by atoms with van der Waals surface area (Å²) >= 11 is 0. The first-order valence-electron chi connectivity index (χ1n) is 12.8. The molecule has 0 radical (unpaired) electrons. The number of anilines is 2. The fourth-order valence-corrected chi connectivity index (χ4v) is 4.39. The molecule has 1 aromatic carbocycles. The summed E-state index contributed by atoms with van der Waals surface area (Å²) in [5.74, 6) is -2.14. The molecule has 2 aliphatic rings. The summed E-state index contributed by atoms with van der Waals surface area (Å²) < 4.78 is 41.5. The topological polar surface area (TPSA) is 79.3 Å². The third-order valence-corrected chi connectivity index (χ3v) is 6.24. The van der Waals surface area contributed by atoms with E-state index in [9.17, 15) is 4.79 Å². The highest BCUT2D eigenvalue weighted by molar-refractivity contribution is 5.72. The summed E-state index contributed by atoms with van der Waals surface area (Å²) in [5.41, 5.74) is 4.49. The number of hydrogen-bond acceptors (Lipinski definition) is 7. The number of nitrogens with one attached hydrogen (secondary N) is 1. The predicted molar refractivity (Wildman–Crippen MR) is 140 cm³/mol. The second-order valence-corrected chi connectivity index (χ2v) is 9.00. The Morgan fingerprint density at radius 1 is 1.24 bits per heavy atom. The lowest BCUT2D eigenvalue weighted by Gasteiger charge is -2.25. The van der Waals surface area contributed by atoms with Gasteiger partial charge in [0.25, 0.3) is 5.88 Å². The van der Waals surface area contributed by atoms with Crippen LogP contribution in [0, 0.1) is 17.6 Å². The number of carbonyl (C=O) groups is 1. The van der Waals surface area contributed by atoms with E-state index in [4.69, 9.17) is 9.47 Å². The first kappa shape index (κ1) is 26.4. The van der Waals surface area contributed by atoms with Crippen LogP contribution in [0.2, 0.25) is 0 Å². The highest BCUT2D eigenvalue weighted by Crippen LogP contribution is 2.33. The summed E-state index contributed by atoms with van der Waals surface area (Å²) in [4.78, 5) is 19.1. The van der Waals surface area contributed by atoms with Crippen molar-refractivity contribution in [2.75, 3.05) is 49.7 Å². The number of rotatable bonds is 12. The van der Waals surface area contributed by atoms with Crippen molar-refractivity contribution in [2.24, 2.45) is 11.0 Å². The van der Waals surface area contributed by atoms with Gasteiger partial charge < -0.3 is 19.3 Å². The van der Waals surface area contributed by atoms with Crippen LogP contribution in [0.1, 0.15) is 37.8 Å². The maximum atomic E-state index is 15.6. The number of cyclic esters (lactones) is 1. The van der Waals surface area contributed by atoms with Gasteiger partial charge in [-0.25, -0.2) is 9.18 Å². The fraction of sp³-hybridized carbons (Fsp3) is 0.444. The number of amides is 1. The zero-order chi connectivity index (χ0) is 26.2. The summed E-state index contributed by atoms with van der Waals surface area (Å²) in [6.07, 6.45) is 7.52. The third-order valence-electron chi connectivity index (χ3n) is 6.24. The molecule has 0 spiro atoms. The molecule has 2 heterocycles. The normalized spacial score (nSPS) is 16.7. The van der Waals surface area contributed by atoms with Crippen LogP contribution in [0.25, 0.3) is 6.08 Å². The highest BCUT2D eigenvalue weighted by Gasteiger charge is 2.26. The fourth-order valence-electron chi connectivity index (χ4n) is 4.39. The van der Waals surface area contributed by atoms with Crippen molar-refractivity contribution in [3.8, 4) is 5.88 Å². The van der Waals surface area contributed by atoms with Gasteiger partial charge in [0.05, 0.1) is 13.1 Å². The van der Waals surface area contributed by atoms with Gasteiger partial charge in [-0.05, 0) is 30.4 Å². The Morgan fingerprint density at radius 3 is 2.76 bits per heavy atom. The maximum Gasteiger partial charge on any atom is 0.410 e. The molecular weight excluding hydrogens is 480 g/mol. The summed E-state index contributed by atoms with van der Waals surface area (Å²) in [6.45, 7) is 6.01. The molecule has 0 saturated carbocycles. The molecule has 1 N–H and O–H groups in total. The van der Waals surface area contributed by atoms with Crippen LogP contribution < -0.4 is 15.1 Å². The molecule has 1 aromatic heterocycles. The number of hydrazone groups is 1. The molecule has 1 amide bonds. The zero-order valence-electron chi connectivity index (χ0n) is 21.3. The van der Waals surface area contributed by atoms with Gasteiger partial charge in [0.2, 0.25) is 5.82 Å². The second-order valence-electron chi connectivity index (χ2n) is 9.00. The van der Waals surface area contributed by atoms with E-state index in [1.54, 1.807) is 11.1 Å². The Labute approximate surface area is 216 Å². The summed E-state index contributed by atoms with van der Waals surface area (Å²) in [6, 6.07) is 8.08. The summed E-state index contributed by atoms with van der Waals surface area (Å²) in [5, 5.41) is 4.17. The number of carbonyl (C=O) groups excluding carboxylic acids is 1. The SMILES string of the molecule is CCCN(CCC)c1nc(OCCN2CCOC2=O)c(F)c(N/N=C/C2C=Cc3ccccc3C2)c1F. The number of nitrogens with zero attached hydrogens (tertiary/aromatic N) is 4. The van der Waals surface area contributed by atoms with Crippen LogP contribution in [0.15, 0.2) is 35.4 Å². The van der Waals surface area contributed by atoms with Crippen LogP contribution in [0.3, 0.4) is 0 Å². The van der Waals surface area contributed by atoms with Crippen molar-refractivity contribution in [1.29, 1.82) is 0 Å². The van der Waals surface area contributed by atoms with E-state index < -0.39 is 23.4 Å². The molecule has 1 aliphatic carbocycles. The number of allylic oxidation sites excluding steroid dienone is 1. The Hall–Kier alpha value is -3.69. The average molecular weight is 514 g/mol. The van der Waals surface area contributed by atoms with Crippen molar-refractivity contribution < 1.29 is 23.0 Å². The van der Waals surface area contributed by atoms with Gasteiger partial charge in [0.1, 0.15) is 18.9 Å². The lowest BCUT2D eigenvalue weighted by molar-refractivity contribution is 0.152. The van der Waals surface area contributed by atoms with Gasteiger partial charge in [-0.1, -0.05) is 50.3 Å². The van der Waals surface area contributed by atoms with E-state index in [0.717, 1.165) is 24.8 Å². The minimum absolute atomic E-state index is 0.00451. The van der Waals surface area contributed by atoms with Gasteiger partial charge in [-0.3, -0.25) is 5.43 Å². The van der Waals surface area contributed by atoms with E-state index in [0.29, 0.717) is 26.2 Å². The van der Waals surface area contributed by atoms with Crippen molar-refractivity contribution in [3.05, 3.63) is 53.1 Å². The number of fused-ring (bicyclic) bond motifs is 1. The third kappa shape index (κ3) is 6.36. The predicted octanol–water partition coefficient (Wildman–Crippen LogP) is 5.10. The molecule has 2 aromatic rings. The minimum Gasteiger partial charge on any atom is -0.474 e. The van der Waals surface area contributed by atoms with E-state index in [1.807, 2.05) is 44.2 Å². The smallest absolute Gasteiger partial charge is 0.410 e. The first-order valence-corrected chi connectivity index (χ1v) is 12.8. The first-order chi connectivity index (χ1) is 18.0. The second kappa shape index (κ2) is 12.5. The summed E-state index contributed by atoms with van der Waals surface area (Å²) in [7, 11) is 0. The Morgan fingerprint density at radius 2 is 2.03 bits per heavy atom. The number of halogens is 2. The molecular formula is C27H33F2N5O3. The van der Waals surface area contributed by atoms with Gasteiger partial charge >= 0.3 is 6.09 Å². The number of pyridine rings is 1. The van der Waals surface area contributed by atoms with Crippen LogP contribution in [0.4, 0.5) is 25.1 Å². The van der Waals surface area contributed by atoms with E-state index in [1.165, 1.54) is 10.5 Å². The lowest BCUT2D eigenvalue weighted by atomic mass is 9.90. The van der Waals surface area contributed by atoms with Gasteiger partial charge in [0.15, 0.2) is 11.6 Å². The number of benzene rings is 1. The van der Waals surface area contributed by atoms with Crippen molar-refractivity contribution >= 4 is 29.9 Å². The van der Waals surface area contributed by atoms with Crippen molar-refractivity contribution in [1.82, 2.24) is 9.88 Å². The standard InChI is InChI=1S/C27H33F2N5O3/c1-3-11-33(12-4-2)25-22(28)24(23(29)26(31-25)36-15-13-34-14-16-37-27(34)35)32-30-18-19-9-10-20-7-5-6-8-21(20)17-19/h5-10,18-19H,3-4,11-17H2,1-2H3,(H,31,32)/b30-18+. The van der Waals surface area contributed by atoms with Gasteiger partial charge in [-0.2, -0.15) is 14.5 Å². The molecule has 1 fully saturated rings. The number of hydrogen-bond donors (Lipinski definition) is 1. The molecule has 4 rings (SSSR count). The highest BCUT2D eigenvalue weighted by atomic mass is 19.1. The Bertz CT molecular complexity index is 1150. The molecule has 37 heavy (non-hydrogen) atoms. The molecule has 1 unspecified atom stereocenters. The van der Waals surface area contributed by atoms with Gasteiger partial charge in [-0.15, -0.1) is 0 Å². The molecule has 10 heteroatoms. The maximum absolute atomic E-state index is 15.6. The van der Waals surface area contributed by atoms with Crippen LogP contribution in [-0.4, -0.2) is 61.6 Å². The minimum atomic E-state index is -0.972. The molecule has 1 atom stereocenters. The largest absolute Gasteiger partial charge is 0.474 e. The van der Waals surface area contributed by atoms with Crippen LogP contribution >= 0.6 is 0 Å².